The molecule has 0 saturated carbocycles. The summed E-state index contributed by atoms with van der Waals surface area (Å²) in [5.41, 5.74) is 6.11. The number of pyridine rings is 1. The van der Waals surface area contributed by atoms with Crippen LogP contribution >= 0.6 is 0 Å². The third-order valence-electron chi connectivity index (χ3n) is 5.39. The number of aromatic nitrogens is 1. The quantitative estimate of drug-likeness (QED) is 0.324. The van der Waals surface area contributed by atoms with Crippen LogP contribution < -0.4 is 27.0 Å². The average molecular weight is 479 g/mol. The topological polar surface area (TPSA) is 185 Å². The maximum Gasteiger partial charge on any atom is 0.326 e. The van der Waals surface area contributed by atoms with Gasteiger partial charge in [0.1, 0.15) is 17.9 Å². The van der Waals surface area contributed by atoms with Crippen molar-refractivity contribution in [3.8, 4) is 0 Å². The number of nitrogens with two attached hydrogens (primary N) is 1. The molecule has 12 nitrogen and oxygen atoms in total. The summed E-state index contributed by atoms with van der Waals surface area (Å²) in [7, 11) is 0. The number of hydrogen-bond acceptors (Lipinski definition) is 7. The van der Waals surface area contributed by atoms with Gasteiger partial charge in [0.2, 0.25) is 11.8 Å². The fourth-order valence-corrected chi connectivity index (χ4v) is 3.28. The fraction of sp³-hybridized carbons (Fsp3) is 0.591. The highest BCUT2D eigenvalue weighted by Crippen LogP contribution is 2.08. The molecule has 0 unspecified atom stereocenters. The third kappa shape index (κ3) is 9.22. The first-order valence-electron chi connectivity index (χ1n) is 11.3. The molecule has 0 radical (unpaired) electrons. The zero-order chi connectivity index (χ0) is 25.1. The van der Waals surface area contributed by atoms with Crippen molar-refractivity contribution in [1.29, 1.82) is 0 Å². The summed E-state index contributed by atoms with van der Waals surface area (Å²) in [6.07, 6.45) is 2.12. The van der Waals surface area contributed by atoms with Gasteiger partial charge in [-0.25, -0.2) is 14.6 Å². The minimum atomic E-state index is -1.26. The zero-order valence-electron chi connectivity index (χ0n) is 19.5. The number of carbonyl (C=O) groups excluding carboxylic acids is 3. The van der Waals surface area contributed by atoms with Crippen molar-refractivity contribution in [2.45, 2.75) is 57.7 Å². The molecule has 7 N–H and O–H groups in total. The number of carboxylic acid groups (broad SMARTS) is 1. The molecule has 0 spiro atoms. The van der Waals surface area contributed by atoms with Gasteiger partial charge in [0, 0.05) is 32.2 Å². The highest BCUT2D eigenvalue weighted by molar-refractivity contribution is 5.89. The predicted molar refractivity (Wildman–Crippen MR) is 124 cm³/mol. The summed E-state index contributed by atoms with van der Waals surface area (Å²) in [5.74, 6) is -1.60. The van der Waals surface area contributed by atoms with Crippen LogP contribution in [-0.2, 0) is 25.5 Å². The summed E-state index contributed by atoms with van der Waals surface area (Å²) in [6.45, 7) is 5.08. The van der Waals surface area contributed by atoms with E-state index in [4.69, 9.17) is 10.5 Å². The lowest BCUT2D eigenvalue weighted by molar-refractivity contribution is -0.139. The molecule has 188 valence electrons. The van der Waals surface area contributed by atoms with E-state index in [2.05, 4.69) is 26.3 Å². The number of nitrogens with one attached hydrogen (secondary N) is 4. The monoisotopic (exact) mass is 478 g/mol. The van der Waals surface area contributed by atoms with Crippen molar-refractivity contribution in [3.05, 3.63) is 23.9 Å². The number of rotatable bonds is 6. The summed E-state index contributed by atoms with van der Waals surface area (Å²) in [4.78, 5) is 53.2. The molecule has 1 aliphatic rings. The maximum atomic E-state index is 12.9. The number of nitrogen functional groups attached to an aromatic ring is 1. The van der Waals surface area contributed by atoms with Crippen molar-refractivity contribution in [3.63, 3.8) is 0 Å². The number of anilines is 1. The first kappa shape index (κ1) is 26.8. The van der Waals surface area contributed by atoms with Gasteiger partial charge in [-0.2, -0.15) is 0 Å². The Balaban J connectivity index is 2.08. The molecule has 1 saturated heterocycles. The molecule has 1 aromatic heterocycles. The number of ether oxygens (including phenoxy) is 1. The Kier molecular flexibility index (Phi) is 10.5. The summed E-state index contributed by atoms with van der Waals surface area (Å²) in [5, 5.41) is 20.0. The van der Waals surface area contributed by atoms with Crippen molar-refractivity contribution < 1.29 is 29.0 Å². The van der Waals surface area contributed by atoms with Gasteiger partial charge in [-0.3, -0.25) is 9.59 Å². The van der Waals surface area contributed by atoms with Gasteiger partial charge in [-0.05, 0) is 30.4 Å². The van der Waals surface area contributed by atoms with Crippen molar-refractivity contribution >= 4 is 29.6 Å². The van der Waals surface area contributed by atoms with E-state index >= 15 is 0 Å². The Labute approximate surface area is 198 Å². The van der Waals surface area contributed by atoms with Crippen LogP contribution in [0.2, 0.25) is 0 Å². The Morgan fingerprint density at radius 1 is 1.32 bits per heavy atom. The lowest BCUT2D eigenvalue weighted by atomic mass is 10.0. The van der Waals surface area contributed by atoms with Crippen LogP contribution in [0.1, 0.15) is 38.7 Å². The molecule has 12 heteroatoms. The first-order chi connectivity index (χ1) is 16.2. The molecule has 1 aliphatic heterocycles. The molecule has 1 fully saturated rings. The van der Waals surface area contributed by atoms with Gasteiger partial charge in [0.25, 0.3) is 0 Å². The van der Waals surface area contributed by atoms with Crippen LogP contribution in [0.4, 0.5) is 10.6 Å². The van der Waals surface area contributed by atoms with E-state index in [1.807, 2.05) is 13.8 Å². The van der Waals surface area contributed by atoms with Gasteiger partial charge in [0.15, 0.2) is 0 Å². The Morgan fingerprint density at radius 3 is 2.74 bits per heavy atom. The molecular formula is C22H34N6O6. The van der Waals surface area contributed by atoms with Crippen LogP contribution in [0.25, 0.3) is 0 Å². The molecule has 0 aliphatic carbocycles. The lowest BCUT2D eigenvalue weighted by Gasteiger charge is -2.26. The summed E-state index contributed by atoms with van der Waals surface area (Å²) < 4.78 is 5.62. The zero-order valence-corrected chi connectivity index (χ0v) is 19.5. The molecule has 0 aromatic carbocycles. The largest absolute Gasteiger partial charge is 0.480 e. The second-order valence-electron chi connectivity index (χ2n) is 8.53. The number of urea groups is 1. The smallest absolute Gasteiger partial charge is 0.326 e. The van der Waals surface area contributed by atoms with Crippen molar-refractivity contribution in [2.24, 2.45) is 5.92 Å². The second kappa shape index (κ2) is 13.3. The first-order valence-corrected chi connectivity index (χ1v) is 11.3. The van der Waals surface area contributed by atoms with Gasteiger partial charge in [-0.1, -0.05) is 19.9 Å². The second-order valence-corrected chi connectivity index (χ2v) is 8.53. The van der Waals surface area contributed by atoms with E-state index in [0.717, 1.165) is 0 Å². The molecule has 0 bridgehead atoms. The third-order valence-corrected chi connectivity index (χ3v) is 5.39. The fourth-order valence-electron chi connectivity index (χ4n) is 3.28. The molecule has 3 atom stereocenters. The van der Waals surface area contributed by atoms with E-state index < -0.39 is 30.0 Å². The Hall–Kier alpha value is -3.41. The minimum absolute atomic E-state index is 0.0189. The maximum absolute atomic E-state index is 12.9. The number of aliphatic carboxylic acids is 1. The SMILES string of the molecule is CC(C)[C@H]1COCCCNC(=O)CC[C@@H](NC(=O)N[C@@H](Cc2ccc(N)nc2)C(=O)O)C(=O)N1. The highest BCUT2D eigenvalue weighted by atomic mass is 16.5. The molecule has 4 amide bonds. The highest BCUT2D eigenvalue weighted by Gasteiger charge is 2.28. The van der Waals surface area contributed by atoms with E-state index in [1.54, 1.807) is 6.07 Å². The van der Waals surface area contributed by atoms with Crippen molar-refractivity contribution in [1.82, 2.24) is 26.3 Å². The molecule has 34 heavy (non-hydrogen) atoms. The summed E-state index contributed by atoms with van der Waals surface area (Å²) >= 11 is 0. The van der Waals surface area contributed by atoms with E-state index in [9.17, 15) is 24.3 Å². The van der Waals surface area contributed by atoms with Crippen LogP contribution in [0.5, 0.6) is 0 Å². The van der Waals surface area contributed by atoms with Crippen LogP contribution in [0.15, 0.2) is 18.3 Å². The van der Waals surface area contributed by atoms with Crippen LogP contribution in [0.3, 0.4) is 0 Å². The molecule has 2 rings (SSSR count). The van der Waals surface area contributed by atoms with E-state index in [1.165, 1.54) is 12.3 Å². The average Bonchev–Trinajstić information content (AvgIpc) is 2.79. The lowest BCUT2D eigenvalue weighted by Crippen LogP contribution is -2.56. The number of carbonyl (C=O) groups is 4. The predicted octanol–water partition coefficient (Wildman–Crippen LogP) is -0.215. The standard InChI is InChI=1S/C22H34N6O6/c1-13(2)17-12-34-9-3-8-24-19(29)7-5-15(20(30)26-17)27-22(33)28-16(21(31)32)10-14-4-6-18(23)25-11-14/h4,6,11,13,15-17H,3,5,7-10,12H2,1-2H3,(H2,23,25)(H,24,29)(H,26,30)(H,31,32)(H2,27,28,33)/t15-,16+,17-/m1/s1. The van der Waals surface area contributed by atoms with Crippen LogP contribution in [0, 0.1) is 5.92 Å². The van der Waals surface area contributed by atoms with E-state index in [0.29, 0.717) is 37.6 Å². The Morgan fingerprint density at radius 2 is 2.09 bits per heavy atom. The molecule has 1 aromatic rings. The van der Waals surface area contributed by atoms with Gasteiger partial charge >= 0.3 is 12.0 Å². The van der Waals surface area contributed by atoms with E-state index in [-0.39, 0.29) is 37.1 Å². The van der Waals surface area contributed by atoms with Gasteiger partial charge in [0.05, 0.1) is 12.6 Å². The summed E-state index contributed by atoms with van der Waals surface area (Å²) in [6, 6.07) is -0.269. The number of amides is 4. The van der Waals surface area contributed by atoms with Gasteiger partial charge < -0.3 is 36.8 Å². The Bertz CT molecular complexity index is 847. The van der Waals surface area contributed by atoms with Crippen molar-refractivity contribution in [2.75, 3.05) is 25.5 Å². The minimum Gasteiger partial charge on any atom is -0.480 e. The number of hydrogen-bond donors (Lipinski definition) is 6. The molecular weight excluding hydrogens is 444 g/mol. The van der Waals surface area contributed by atoms with Crippen LogP contribution in [-0.4, -0.2) is 71.8 Å². The number of carboxylic acids is 1. The molecule has 2 heterocycles. The van der Waals surface area contributed by atoms with Gasteiger partial charge in [-0.15, -0.1) is 0 Å². The normalized spacial score (nSPS) is 21.1. The number of nitrogens with zero attached hydrogens (tertiary/aromatic N) is 1.